The van der Waals surface area contributed by atoms with Crippen LogP contribution < -0.4 is 0 Å². The highest BCUT2D eigenvalue weighted by Gasteiger charge is 2.27. The molecule has 4 nitrogen and oxygen atoms in total. The highest BCUT2D eigenvalue weighted by atomic mass is 32.2. The number of hydrogen-bond donors (Lipinski definition) is 0. The zero-order chi connectivity index (χ0) is 14.5. The van der Waals surface area contributed by atoms with Gasteiger partial charge in [0.15, 0.2) is 9.84 Å². The largest absolute Gasteiger partial charge is 0.342 e. The lowest BCUT2D eigenvalue weighted by molar-refractivity contribution is -0.129. The Morgan fingerprint density at radius 1 is 1.26 bits per heavy atom. The van der Waals surface area contributed by atoms with Crippen molar-refractivity contribution in [3.63, 3.8) is 0 Å². The number of carbonyl (C=O) groups excluding carboxylic acids is 1. The number of carbonyl (C=O) groups is 1. The predicted molar refractivity (Wildman–Crippen MR) is 77.7 cm³/mol. The Hall–Kier alpha value is -0.840. The van der Waals surface area contributed by atoms with Gasteiger partial charge in [0.2, 0.25) is 5.91 Å². The fourth-order valence-electron chi connectivity index (χ4n) is 2.43. The van der Waals surface area contributed by atoms with Gasteiger partial charge in [-0.3, -0.25) is 4.79 Å². The van der Waals surface area contributed by atoms with Gasteiger partial charge in [-0.2, -0.15) is 0 Å². The van der Waals surface area contributed by atoms with Crippen molar-refractivity contribution in [1.29, 1.82) is 0 Å². The van der Waals surface area contributed by atoms with Crippen molar-refractivity contribution in [3.8, 4) is 0 Å². The van der Waals surface area contributed by atoms with E-state index in [-0.39, 0.29) is 23.5 Å². The van der Waals surface area contributed by atoms with Gasteiger partial charge in [-0.1, -0.05) is 19.1 Å². The SMILES string of the molecule is CC=CCS(=O)(=O)CC(=O)N(C)C1CCC(C)CC1. The quantitative estimate of drug-likeness (QED) is 0.727. The number of amides is 1. The topological polar surface area (TPSA) is 54.5 Å². The minimum Gasteiger partial charge on any atom is -0.342 e. The highest BCUT2D eigenvalue weighted by Crippen LogP contribution is 2.26. The van der Waals surface area contributed by atoms with Crippen molar-refractivity contribution >= 4 is 15.7 Å². The molecule has 0 heterocycles. The van der Waals surface area contributed by atoms with Crippen molar-refractivity contribution in [2.75, 3.05) is 18.6 Å². The average molecular weight is 287 g/mol. The van der Waals surface area contributed by atoms with E-state index in [2.05, 4.69) is 6.92 Å². The van der Waals surface area contributed by atoms with Crippen LogP contribution in [0.25, 0.3) is 0 Å². The Kier molecular flexibility index (Phi) is 6.04. The fourth-order valence-corrected chi connectivity index (χ4v) is 3.61. The molecule has 1 aliphatic carbocycles. The molecule has 1 fully saturated rings. The second-order valence-corrected chi connectivity index (χ2v) is 7.65. The maximum atomic E-state index is 12.0. The lowest BCUT2D eigenvalue weighted by atomic mass is 9.87. The van der Waals surface area contributed by atoms with E-state index in [0.29, 0.717) is 0 Å². The van der Waals surface area contributed by atoms with Gasteiger partial charge in [0.25, 0.3) is 0 Å². The Balaban J connectivity index is 2.53. The second-order valence-electron chi connectivity index (χ2n) is 5.54. The molecule has 0 radical (unpaired) electrons. The zero-order valence-electron chi connectivity index (χ0n) is 12.1. The van der Waals surface area contributed by atoms with Crippen molar-refractivity contribution in [1.82, 2.24) is 4.90 Å². The van der Waals surface area contributed by atoms with E-state index in [1.165, 1.54) is 0 Å². The molecule has 0 aromatic heterocycles. The van der Waals surface area contributed by atoms with Gasteiger partial charge in [-0.15, -0.1) is 0 Å². The number of allylic oxidation sites excluding steroid dienone is 1. The summed E-state index contributed by atoms with van der Waals surface area (Å²) < 4.78 is 23.5. The van der Waals surface area contributed by atoms with Crippen LogP contribution in [0.4, 0.5) is 0 Å². The minimum atomic E-state index is -3.32. The zero-order valence-corrected chi connectivity index (χ0v) is 12.9. The van der Waals surface area contributed by atoms with Crippen molar-refractivity contribution in [2.45, 2.75) is 45.6 Å². The second kappa shape index (κ2) is 7.08. The molecule has 0 spiro atoms. The number of nitrogens with zero attached hydrogens (tertiary/aromatic N) is 1. The molecular weight excluding hydrogens is 262 g/mol. The fraction of sp³-hybridized carbons (Fsp3) is 0.786. The van der Waals surface area contributed by atoms with Crippen molar-refractivity contribution < 1.29 is 13.2 Å². The molecule has 5 heteroatoms. The summed E-state index contributed by atoms with van der Waals surface area (Å²) in [4.78, 5) is 13.7. The van der Waals surface area contributed by atoms with Gasteiger partial charge in [0.05, 0.1) is 5.75 Å². The van der Waals surface area contributed by atoms with E-state index in [1.54, 1.807) is 31.0 Å². The first-order valence-corrected chi connectivity index (χ1v) is 8.75. The van der Waals surface area contributed by atoms with Crippen LogP contribution in [-0.4, -0.2) is 43.8 Å². The molecule has 1 aliphatic rings. The summed E-state index contributed by atoms with van der Waals surface area (Å²) in [7, 11) is -1.59. The number of sulfone groups is 1. The van der Waals surface area contributed by atoms with Gasteiger partial charge >= 0.3 is 0 Å². The smallest absolute Gasteiger partial charge is 0.237 e. The molecule has 0 aromatic rings. The molecular formula is C14H25NO3S. The Bertz CT molecular complexity index is 420. The maximum Gasteiger partial charge on any atom is 0.237 e. The maximum absolute atomic E-state index is 12.0. The van der Waals surface area contributed by atoms with Crippen LogP contribution in [0.1, 0.15) is 39.5 Å². The van der Waals surface area contributed by atoms with Crippen LogP contribution in [0.2, 0.25) is 0 Å². The molecule has 1 rings (SSSR count). The third-order valence-electron chi connectivity index (χ3n) is 3.86. The van der Waals surface area contributed by atoms with Gasteiger partial charge in [-0.25, -0.2) is 8.42 Å². The first-order valence-electron chi connectivity index (χ1n) is 6.93. The Labute approximate surface area is 116 Å². The third kappa shape index (κ3) is 5.35. The summed E-state index contributed by atoms with van der Waals surface area (Å²) in [5, 5.41) is 0. The summed E-state index contributed by atoms with van der Waals surface area (Å²) in [6, 6.07) is 0.209. The Morgan fingerprint density at radius 3 is 2.37 bits per heavy atom. The minimum absolute atomic E-state index is 0.0508. The van der Waals surface area contributed by atoms with Crippen molar-refractivity contribution in [2.24, 2.45) is 5.92 Å². The third-order valence-corrected chi connectivity index (χ3v) is 5.24. The van der Waals surface area contributed by atoms with Gasteiger partial charge in [0.1, 0.15) is 5.75 Å². The monoisotopic (exact) mass is 287 g/mol. The van der Waals surface area contributed by atoms with Crippen LogP contribution in [0.15, 0.2) is 12.2 Å². The lowest BCUT2D eigenvalue weighted by Crippen LogP contribution is -2.42. The molecule has 0 saturated heterocycles. The molecule has 0 unspecified atom stereocenters. The van der Waals surface area contributed by atoms with Crippen LogP contribution in [0, 0.1) is 5.92 Å². The summed E-state index contributed by atoms with van der Waals surface area (Å²) in [5.41, 5.74) is 0. The molecule has 0 bridgehead atoms. The summed E-state index contributed by atoms with van der Waals surface area (Å²) in [5.74, 6) is 0.0206. The van der Waals surface area contributed by atoms with Crippen LogP contribution in [0.3, 0.4) is 0 Å². The van der Waals surface area contributed by atoms with E-state index in [1.807, 2.05) is 0 Å². The summed E-state index contributed by atoms with van der Waals surface area (Å²) >= 11 is 0. The molecule has 1 saturated carbocycles. The Morgan fingerprint density at radius 2 is 1.84 bits per heavy atom. The molecule has 0 aliphatic heterocycles. The molecule has 110 valence electrons. The van der Waals surface area contributed by atoms with Gasteiger partial charge < -0.3 is 4.90 Å². The normalized spacial score (nSPS) is 24.6. The molecule has 19 heavy (non-hydrogen) atoms. The standard InChI is InChI=1S/C14H25NO3S/c1-4-5-10-19(17,18)11-14(16)15(3)13-8-6-12(2)7-9-13/h4-5,12-13H,6-11H2,1-3H3. The lowest BCUT2D eigenvalue weighted by Gasteiger charge is -2.33. The van der Waals surface area contributed by atoms with E-state index >= 15 is 0 Å². The van der Waals surface area contributed by atoms with Crippen LogP contribution in [0.5, 0.6) is 0 Å². The number of rotatable bonds is 5. The van der Waals surface area contributed by atoms with Gasteiger partial charge in [0, 0.05) is 13.1 Å². The average Bonchev–Trinajstić information content (AvgIpc) is 2.36. The summed E-state index contributed by atoms with van der Waals surface area (Å²) in [6.45, 7) is 3.99. The molecule has 1 amide bonds. The van der Waals surface area contributed by atoms with E-state index in [4.69, 9.17) is 0 Å². The molecule has 0 aromatic carbocycles. The van der Waals surface area contributed by atoms with Crippen LogP contribution in [-0.2, 0) is 14.6 Å². The molecule has 0 atom stereocenters. The van der Waals surface area contributed by atoms with Gasteiger partial charge in [-0.05, 0) is 38.5 Å². The van der Waals surface area contributed by atoms with E-state index in [9.17, 15) is 13.2 Å². The van der Waals surface area contributed by atoms with Crippen LogP contribution >= 0.6 is 0 Å². The number of hydrogen-bond acceptors (Lipinski definition) is 3. The highest BCUT2D eigenvalue weighted by molar-refractivity contribution is 7.92. The first kappa shape index (κ1) is 16.2. The van der Waals surface area contributed by atoms with E-state index < -0.39 is 9.84 Å². The predicted octanol–water partition coefficient (Wildman–Crippen LogP) is 2.01. The van der Waals surface area contributed by atoms with Crippen molar-refractivity contribution in [3.05, 3.63) is 12.2 Å². The van der Waals surface area contributed by atoms with E-state index in [0.717, 1.165) is 31.6 Å². The summed E-state index contributed by atoms with van der Waals surface area (Å²) in [6.07, 6.45) is 7.47. The first-order chi connectivity index (χ1) is 8.85. The molecule has 0 N–H and O–H groups in total.